The van der Waals surface area contributed by atoms with Crippen LogP contribution in [-0.2, 0) is 16.4 Å². The molecule has 0 aliphatic heterocycles. The van der Waals surface area contributed by atoms with Gasteiger partial charge in [-0.1, -0.05) is 48.9 Å². The van der Waals surface area contributed by atoms with E-state index in [1.54, 1.807) is 18.2 Å². The van der Waals surface area contributed by atoms with Crippen molar-refractivity contribution in [3.8, 4) is 0 Å². The number of halogens is 1. The summed E-state index contributed by atoms with van der Waals surface area (Å²) in [6.07, 6.45) is 0.906. The van der Waals surface area contributed by atoms with Crippen molar-refractivity contribution < 1.29 is 13.2 Å². The second kappa shape index (κ2) is 8.46. The van der Waals surface area contributed by atoms with Gasteiger partial charge in [0.2, 0.25) is 0 Å². The minimum Gasteiger partial charge on any atom is -0.322 e. The highest BCUT2D eigenvalue weighted by Crippen LogP contribution is 2.24. The molecular weight excluding hydrogens is 396 g/mol. The van der Waals surface area contributed by atoms with Crippen LogP contribution in [0.25, 0.3) is 0 Å². The van der Waals surface area contributed by atoms with Crippen LogP contribution in [0.15, 0.2) is 77.7 Å². The molecule has 7 heteroatoms. The number of hydrogen-bond acceptors (Lipinski definition) is 3. The van der Waals surface area contributed by atoms with Crippen molar-refractivity contribution in [1.82, 2.24) is 0 Å². The SMILES string of the molecule is CCc1ccc(NC(=O)c2cc(NS(=O)(=O)c3ccccc3)ccc2Cl)cc1. The number of sulfonamides is 1. The Morgan fingerprint density at radius 2 is 1.57 bits per heavy atom. The molecule has 0 aromatic heterocycles. The molecule has 0 heterocycles. The second-order valence-corrected chi connectivity index (χ2v) is 8.21. The molecule has 1 amide bonds. The van der Waals surface area contributed by atoms with Gasteiger partial charge in [-0.3, -0.25) is 9.52 Å². The number of carbonyl (C=O) groups excluding carboxylic acids is 1. The molecule has 3 aromatic rings. The number of hydrogen-bond donors (Lipinski definition) is 2. The standard InChI is InChI=1S/C21H19ClN2O3S/c1-2-15-8-10-16(11-9-15)23-21(25)19-14-17(12-13-20(19)22)24-28(26,27)18-6-4-3-5-7-18/h3-14,24H,2H2,1H3,(H,23,25). The number of aryl methyl sites for hydroxylation is 1. The maximum atomic E-state index is 12.6. The zero-order valence-electron chi connectivity index (χ0n) is 15.1. The van der Waals surface area contributed by atoms with Gasteiger partial charge in [-0.2, -0.15) is 0 Å². The Balaban J connectivity index is 1.81. The van der Waals surface area contributed by atoms with Gasteiger partial charge in [0, 0.05) is 11.4 Å². The lowest BCUT2D eigenvalue weighted by Crippen LogP contribution is -2.15. The number of carbonyl (C=O) groups is 1. The molecule has 0 spiro atoms. The summed E-state index contributed by atoms with van der Waals surface area (Å²) in [7, 11) is -3.76. The van der Waals surface area contributed by atoms with Gasteiger partial charge >= 0.3 is 0 Å². The molecule has 0 bridgehead atoms. The molecule has 0 radical (unpaired) electrons. The molecule has 5 nitrogen and oxygen atoms in total. The Kier molecular flexibility index (Phi) is 6.02. The van der Waals surface area contributed by atoms with Gasteiger partial charge in [-0.25, -0.2) is 8.42 Å². The highest BCUT2D eigenvalue weighted by Gasteiger charge is 2.16. The van der Waals surface area contributed by atoms with Crippen LogP contribution in [0.3, 0.4) is 0 Å². The third kappa shape index (κ3) is 4.71. The predicted octanol–water partition coefficient (Wildman–Crippen LogP) is 4.96. The first-order valence-electron chi connectivity index (χ1n) is 8.67. The smallest absolute Gasteiger partial charge is 0.261 e. The maximum Gasteiger partial charge on any atom is 0.261 e. The fraction of sp³-hybridized carbons (Fsp3) is 0.0952. The first-order chi connectivity index (χ1) is 13.4. The van der Waals surface area contributed by atoms with E-state index < -0.39 is 15.9 Å². The van der Waals surface area contributed by atoms with Crippen molar-refractivity contribution in [3.05, 3.63) is 88.9 Å². The summed E-state index contributed by atoms with van der Waals surface area (Å²) in [6.45, 7) is 2.05. The molecule has 3 rings (SSSR count). The monoisotopic (exact) mass is 414 g/mol. The van der Waals surface area contributed by atoms with E-state index in [2.05, 4.69) is 17.0 Å². The van der Waals surface area contributed by atoms with Crippen molar-refractivity contribution in [2.24, 2.45) is 0 Å². The average Bonchev–Trinajstić information content (AvgIpc) is 2.70. The maximum absolute atomic E-state index is 12.6. The number of benzene rings is 3. The summed E-state index contributed by atoms with van der Waals surface area (Å²) in [4.78, 5) is 12.7. The van der Waals surface area contributed by atoms with Crippen LogP contribution in [0.5, 0.6) is 0 Å². The van der Waals surface area contributed by atoms with E-state index in [4.69, 9.17) is 11.6 Å². The fourth-order valence-corrected chi connectivity index (χ4v) is 3.87. The molecule has 144 valence electrons. The first kappa shape index (κ1) is 19.9. The summed E-state index contributed by atoms with van der Waals surface area (Å²) in [5.41, 5.74) is 2.22. The number of anilines is 2. The number of nitrogens with one attached hydrogen (secondary N) is 2. The Morgan fingerprint density at radius 3 is 2.21 bits per heavy atom. The van der Waals surface area contributed by atoms with Gasteiger partial charge in [0.1, 0.15) is 0 Å². The van der Waals surface area contributed by atoms with E-state index in [9.17, 15) is 13.2 Å². The minimum atomic E-state index is -3.76. The van der Waals surface area contributed by atoms with Gasteiger partial charge < -0.3 is 5.32 Å². The zero-order chi connectivity index (χ0) is 20.1. The van der Waals surface area contributed by atoms with Crippen molar-refractivity contribution in [2.45, 2.75) is 18.2 Å². The van der Waals surface area contributed by atoms with Crippen molar-refractivity contribution in [2.75, 3.05) is 10.0 Å². The third-order valence-corrected chi connectivity index (χ3v) is 5.86. The van der Waals surface area contributed by atoms with Crippen LogP contribution in [-0.4, -0.2) is 14.3 Å². The second-order valence-electron chi connectivity index (χ2n) is 6.12. The average molecular weight is 415 g/mol. The quantitative estimate of drug-likeness (QED) is 0.598. The van der Waals surface area contributed by atoms with Crippen LogP contribution < -0.4 is 10.0 Å². The lowest BCUT2D eigenvalue weighted by Gasteiger charge is -2.11. The molecule has 3 aromatic carbocycles. The summed E-state index contributed by atoms with van der Waals surface area (Å²) in [6, 6.07) is 19.9. The van der Waals surface area contributed by atoms with Crippen LogP contribution in [0, 0.1) is 0 Å². The van der Waals surface area contributed by atoms with Gasteiger partial charge in [0.05, 0.1) is 15.5 Å². The van der Waals surface area contributed by atoms with Crippen LogP contribution >= 0.6 is 11.6 Å². The van der Waals surface area contributed by atoms with E-state index in [-0.39, 0.29) is 21.2 Å². The Morgan fingerprint density at radius 1 is 0.929 bits per heavy atom. The molecular formula is C21H19ClN2O3S. The van der Waals surface area contributed by atoms with Gasteiger partial charge in [-0.15, -0.1) is 0 Å². The van der Waals surface area contributed by atoms with E-state index in [1.165, 1.54) is 30.3 Å². The summed E-state index contributed by atoms with van der Waals surface area (Å²) < 4.78 is 27.4. The molecule has 2 N–H and O–H groups in total. The molecule has 0 atom stereocenters. The Bertz CT molecular complexity index is 1080. The minimum absolute atomic E-state index is 0.131. The highest BCUT2D eigenvalue weighted by atomic mass is 35.5. The molecule has 0 fully saturated rings. The Labute approximate surface area is 169 Å². The van der Waals surface area contributed by atoms with E-state index in [1.807, 2.05) is 24.3 Å². The summed E-state index contributed by atoms with van der Waals surface area (Å²) >= 11 is 6.16. The van der Waals surface area contributed by atoms with Gasteiger partial charge in [-0.05, 0) is 54.4 Å². The predicted molar refractivity (Wildman–Crippen MR) is 112 cm³/mol. The molecule has 0 unspecified atom stereocenters. The molecule has 28 heavy (non-hydrogen) atoms. The van der Waals surface area contributed by atoms with Crippen LogP contribution in [0.1, 0.15) is 22.8 Å². The van der Waals surface area contributed by atoms with Crippen LogP contribution in [0.2, 0.25) is 5.02 Å². The number of rotatable bonds is 6. The van der Waals surface area contributed by atoms with E-state index in [0.29, 0.717) is 5.69 Å². The summed E-state index contributed by atoms with van der Waals surface area (Å²) in [5.74, 6) is -0.421. The molecule has 0 saturated heterocycles. The van der Waals surface area contributed by atoms with Crippen LogP contribution in [0.4, 0.5) is 11.4 Å². The lowest BCUT2D eigenvalue weighted by atomic mass is 10.1. The first-order valence-corrected chi connectivity index (χ1v) is 10.5. The topological polar surface area (TPSA) is 75.3 Å². The van der Waals surface area contributed by atoms with E-state index in [0.717, 1.165) is 12.0 Å². The Hall–Kier alpha value is -2.83. The van der Waals surface area contributed by atoms with E-state index >= 15 is 0 Å². The van der Waals surface area contributed by atoms with Crippen molar-refractivity contribution in [1.29, 1.82) is 0 Å². The van der Waals surface area contributed by atoms with Crippen molar-refractivity contribution >= 4 is 38.9 Å². The molecule has 0 aliphatic rings. The summed E-state index contributed by atoms with van der Waals surface area (Å²) in [5, 5.41) is 3.00. The normalized spacial score (nSPS) is 11.1. The number of amides is 1. The molecule has 0 aliphatic carbocycles. The highest BCUT2D eigenvalue weighted by molar-refractivity contribution is 7.92. The lowest BCUT2D eigenvalue weighted by molar-refractivity contribution is 0.102. The largest absolute Gasteiger partial charge is 0.322 e. The van der Waals surface area contributed by atoms with Gasteiger partial charge in [0.25, 0.3) is 15.9 Å². The zero-order valence-corrected chi connectivity index (χ0v) is 16.7. The third-order valence-electron chi connectivity index (χ3n) is 4.14. The molecule has 0 saturated carbocycles. The fourth-order valence-electron chi connectivity index (χ4n) is 2.60. The van der Waals surface area contributed by atoms with Crippen molar-refractivity contribution in [3.63, 3.8) is 0 Å². The van der Waals surface area contributed by atoms with Gasteiger partial charge in [0.15, 0.2) is 0 Å².